The minimum atomic E-state index is -0.911. The highest BCUT2D eigenvalue weighted by atomic mass is 19.1. The summed E-state index contributed by atoms with van der Waals surface area (Å²) in [5.74, 6) is -0.497. The van der Waals surface area contributed by atoms with Gasteiger partial charge in [0.25, 0.3) is 0 Å². The molecule has 0 radical (unpaired) electrons. The lowest BCUT2D eigenvalue weighted by Gasteiger charge is -2.38. The molecule has 2 rings (SSSR count). The fourth-order valence-corrected chi connectivity index (χ4v) is 3.02. The van der Waals surface area contributed by atoms with Crippen LogP contribution in [0.25, 0.3) is 0 Å². The minimum absolute atomic E-state index is 0.168. The van der Waals surface area contributed by atoms with Gasteiger partial charge in [-0.05, 0) is 56.5 Å². The van der Waals surface area contributed by atoms with Crippen LogP contribution in [0.3, 0.4) is 0 Å². The predicted molar refractivity (Wildman–Crippen MR) is 78.1 cm³/mol. The molecule has 0 amide bonds. The molecule has 1 aliphatic rings. The lowest BCUT2D eigenvalue weighted by Crippen LogP contribution is -2.56. The molecule has 0 aromatic heterocycles. The van der Waals surface area contributed by atoms with Crippen LogP contribution in [0.4, 0.5) is 4.39 Å². The van der Waals surface area contributed by atoms with Gasteiger partial charge in [0.2, 0.25) is 0 Å². The van der Waals surface area contributed by atoms with Crippen LogP contribution in [-0.4, -0.2) is 29.3 Å². The van der Waals surface area contributed by atoms with E-state index in [1.807, 2.05) is 6.92 Å². The molecule has 21 heavy (non-hydrogen) atoms. The first-order valence-electron chi connectivity index (χ1n) is 7.38. The smallest absolute Gasteiger partial charge is 0.324 e. The Morgan fingerprint density at radius 3 is 2.95 bits per heavy atom. The summed E-state index contributed by atoms with van der Waals surface area (Å²) in [5.41, 5.74) is -0.184. The summed E-state index contributed by atoms with van der Waals surface area (Å²) in [6.45, 7) is 4.30. The van der Waals surface area contributed by atoms with E-state index in [1.54, 1.807) is 13.0 Å². The third kappa shape index (κ3) is 3.53. The van der Waals surface area contributed by atoms with Crippen molar-refractivity contribution >= 4 is 5.97 Å². The van der Waals surface area contributed by atoms with Crippen LogP contribution in [-0.2, 0) is 4.79 Å². The lowest BCUT2D eigenvalue weighted by atomic mass is 9.80. The number of rotatable bonds is 5. The maximum atomic E-state index is 13.1. The van der Waals surface area contributed by atoms with Gasteiger partial charge in [0, 0.05) is 6.42 Å². The van der Waals surface area contributed by atoms with Crippen molar-refractivity contribution in [3.8, 4) is 5.75 Å². The standard InChI is InChI=1S/C16H22FNO3/c1-3-18-16(15(19)20)8-4-5-13(10-16)21-14-7-6-12(17)9-11(14)2/h6-7,9,13,18H,3-5,8,10H2,1-2H3,(H,19,20). The van der Waals surface area contributed by atoms with E-state index in [9.17, 15) is 14.3 Å². The topological polar surface area (TPSA) is 58.6 Å². The van der Waals surface area contributed by atoms with Crippen molar-refractivity contribution in [3.05, 3.63) is 29.6 Å². The van der Waals surface area contributed by atoms with Crippen LogP contribution in [0.1, 0.15) is 38.2 Å². The molecule has 0 aliphatic heterocycles. The summed E-state index contributed by atoms with van der Waals surface area (Å²) in [5, 5.41) is 12.6. The molecule has 116 valence electrons. The zero-order valence-electron chi connectivity index (χ0n) is 12.5. The van der Waals surface area contributed by atoms with Crippen LogP contribution in [0.5, 0.6) is 5.75 Å². The van der Waals surface area contributed by atoms with Gasteiger partial charge in [-0.2, -0.15) is 0 Å². The molecule has 2 atom stereocenters. The van der Waals surface area contributed by atoms with Gasteiger partial charge in [-0.25, -0.2) is 4.39 Å². The SMILES string of the molecule is CCNC1(C(=O)O)CCCC(Oc2ccc(F)cc2C)C1. The molecule has 1 fully saturated rings. The molecule has 1 aromatic rings. The van der Waals surface area contributed by atoms with Crippen molar-refractivity contribution in [2.75, 3.05) is 6.54 Å². The number of carbonyl (C=O) groups is 1. The first-order chi connectivity index (χ1) is 9.97. The third-order valence-corrected chi connectivity index (χ3v) is 4.06. The number of carboxylic acids is 1. The second-order valence-corrected chi connectivity index (χ2v) is 5.66. The number of aliphatic carboxylic acids is 1. The predicted octanol–water partition coefficient (Wildman–Crippen LogP) is 2.89. The second-order valence-electron chi connectivity index (χ2n) is 5.66. The maximum Gasteiger partial charge on any atom is 0.324 e. The van der Waals surface area contributed by atoms with Crippen LogP contribution in [0.15, 0.2) is 18.2 Å². The Kier molecular flexibility index (Phi) is 4.83. The Morgan fingerprint density at radius 1 is 1.57 bits per heavy atom. The fraction of sp³-hybridized carbons (Fsp3) is 0.562. The van der Waals surface area contributed by atoms with Gasteiger partial charge in [0.1, 0.15) is 23.2 Å². The van der Waals surface area contributed by atoms with Crippen LogP contribution in [0, 0.1) is 12.7 Å². The Balaban J connectivity index is 2.12. The molecule has 0 bridgehead atoms. The lowest BCUT2D eigenvalue weighted by molar-refractivity contribution is -0.147. The van der Waals surface area contributed by atoms with Gasteiger partial charge in [-0.3, -0.25) is 4.79 Å². The second kappa shape index (κ2) is 6.43. The van der Waals surface area contributed by atoms with Crippen molar-refractivity contribution < 1.29 is 19.0 Å². The Morgan fingerprint density at radius 2 is 2.33 bits per heavy atom. The number of likely N-dealkylation sites (N-methyl/N-ethyl adjacent to an activating group) is 1. The molecule has 4 nitrogen and oxygen atoms in total. The highest BCUT2D eigenvalue weighted by Gasteiger charge is 2.43. The number of nitrogens with one attached hydrogen (secondary N) is 1. The number of halogens is 1. The molecule has 2 N–H and O–H groups in total. The van der Waals surface area contributed by atoms with Gasteiger partial charge in [0.15, 0.2) is 0 Å². The average molecular weight is 295 g/mol. The number of ether oxygens (including phenoxy) is 1. The molecule has 1 aromatic carbocycles. The third-order valence-electron chi connectivity index (χ3n) is 4.06. The van der Waals surface area contributed by atoms with E-state index in [-0.39, 0.29) is 11.9 Å². The van der Waals surface area contributed by atoms with E-state index < -0.39 is 11.5 Å². The van der Waals surface area contributed by atoms with E-state index in [1.165, 1.54) is 12.1 Å². The van der Waals surface area contributed by atoms with Crippen LogP contribution < -0.4 is 10.1 Å². The molecule has 0 spiro atoms. The van der Waals surface area contributed by atoms with E-state index in [0.717, 1.165) is 18.4 Å². The molecule has 0 heterocycles. The molecule has 1 aliphatic carbocycles. The van der Waals surface area contributed by atoms with Crippen molar-refractivity contribution in [2.45, 2.75) is 51.2 Å². The van der Waals surface area contributed by atoms with Crippen molar-refractivity contribution in [3.63, 3.8) is 0 Å². The molecule has 0 saturated heterocycles. The Hall–Kier alpha value is -1.62. The molecule has 2 unspecified atom stereocenters. The molecule has 5 heteroatoms. The first kappa shape index (κ1) is 15.8. The zero-order valence-corrected chi connectivity index (χ0v) is 12.5. The van der Waals surface area contributed by atoms with E-state index in [2.05, 4.69) is 5.32 Å². The number of hydrogen-bond donors (Lipinski definition) is 2. The molecule has 1 saturated carbocycles. The normalized spacial score (nSPS) is 25.6. The zero-order chi connectivity index (χ0) is 15.5. The van der Waals surface area contributed by atoms with Crippen LogP contribution >= 0.6 is 0 Å². The Bertz CT molecular complexity index is 516. The van der Waals surface area contributed by atoms with Gasteiger partial charge in [-0.1, -0.05) is 6.92 Å². The van der Waals surface area contributed by atoms with Gasteiger partial charge < -0.3 is 15.2 Å². The number of benzene rings is 1. The van der Waals surface area contributed by atoms with Crippen molar-refractivity contribution in [1.29, 1.82) is 0 Å². The van der Waals surface area contributed by atoms with Crippen molar-refractivity contribution in [2.24, 2.45) is 0 Å². The quantitative estimate of drug-likeness (QED) is 0.877. The number of hydrogen-bond acceptors (Lipinski definition) is 3. The van der Waals surface area contributed by atoms with Crippen molar-refractivity contribution in [1.82, 2.24) is 5.32 Å². The highest BCUT2D eigenvalue weighted by molar-refractivity contribution is 5.79. The number of carboxylic acid groups (broad SMARTS) is 1. The molecular formula is C16H22FNO3. The molecular weight excluding hydrogens is 273 g/mol. The van der Waals surface area contributed by atoms with E-state index >= 15 is 0 Å². The maximum absolute atomic E-state index is 13.1. The fourth-order valence-electron chi connectivity index (χ4n) is 3.02. The summed E-state index contributed by atoms with van der Waals surface area (Å²) < 4.78 is 19.0. The minimum Gasteiger partial charge on any atom is -0.490 e. The van der Waals surface area contributed by atoms with Gasteiger partial charge >= 0.3 is 5.97 Å². The monoisotopic (exact) mass is 295 g/mol. The van der Waals surface area contributed by atoms with E-state index in [4.69, 9.17) is 4.74 Å². The average Bonchev–Trinajstić information content (AvgIpc) is 2.42. The van der Waals surface area contributed by atoms with Crippen LogP contribution in [0.2, 0.25) is 0 Å². The summed E-state index contributed by atoms with van der Waals surface area (Å²) in [6.07, 6.45) is 2.48. The Labute approximate surface area is 124 Å². The number of aryl methyl sites for hydroxylation is 1. The summed E-state index contributed by atoms with van der Waals surface area (Å²) in [7, 11) is 0. The summed E-state index contributed by atoms with van der Waals surface area (Å²) in [4.78, 5) is 11.6. The summed E-state index contributed by atoms with van der Waals surface area (Å²) in [6, 6.07) is 4.39. The summed E-state index contributed by atoms with van der Waals surface area (Å²) >= 11 is 0. The first-order valence-corrected chi connectivity index (χ1v) is 7.38. The van der Waals surface area contributed by atoms with E-state index in [0.29, 0.717) is 25.1 Å². The highest BCUT2D eigenvalue weighted by Crippen LogP contribution is 2.32. The largest absolute Gasteiger partial charge is 0.490 e. The van der Waals surface area contributed by atoms with Gasteiger partial charge in [-0.15, -0.1) is 0 Å². The van der Waals surface area contributed by atoms with Gasteiger partial charge in [0.05, 0.1) is 0 Å².